The molecule has 0 saturated carbocycles. The second-order valence-electron chi connectivity index (χ2n) is 6.73. The van der Waals surface area contributed by atoms with Gasteiger partial charge in [0.25, 0.3) is 0 Å². The van der Waals surface area contributed by atoms with Crippen molar-refractivity contribution in [2.75, 3.05) is 6.61 Å². The van der Waals surface area contributed by atoms with Crippen LogP contribution in [0.4, 0.5) is 0 Å². The van der Waals surface area contributed by atoms with Gasteiger partial charge in [-0.25, -0.2) is 4.79 Å². The molecule has 3 aromatic rings. The number of hydrogen-bond acceptors (Lipinski definition) is 4. The van der Waals surface area contributed by atoms with Crippen molar-refractivity contribution in [2.24, 2.45) is 0 Å². The van der Waals surface area contributed by atoms with Crippen LogP contribution >= 0.6 is 11.6 Å². The standard InChI is InChI=1S/C24H21ClO4/c1-16-7-12-20(17(2)13-16)22(26)15-29-24(27)21-5-3-4-6-23(21)28-14-18-8-10-19(25)11-9-18/h3-13H,14-15H2,1-2H3. The van der Waals surface area contributed by atoms with Crippen LogP contribution < -0.4 is 4.74 Å². The molecule has 0 aliphatic rings. The predicted octanol–water partition coefficient (Wildman–Crippen LogP) is 5.58. The van der Waals surface area contributed by atoms with E-state index in [0.29, 0.717) is 16.3 Å². The molecule has 0 aliphatic heterocycles. The quantitative estimate of drug-likeness (QED) is 0.378. The smallest absolute Gasteiger partial charge is 0.342 e. The molecule has 0 saturated heterocycles. The summed E-state index contributed by atoms with van der Waals surface area (Å²) in [5, 5.41) is 0.645. The van der Waals surface area contributed by atoms with Crippen LogP contribution in [0.2, 0.25) is 5.02 Å². The number of ketones is 1. The SMILES string of the molecule is Cc1ccc(C(=O)COC(=O)c2ccccc2OCc2ccc(Cl)cc2)c(C)c1. The first-order valence-electron chi connectivity index (χ1n) is 9.18. The fourth-order valence-corrected chi connectivity index (χ4v) is 3.04. The zero-order chi connectivity index (χ0) is 20.8. The topological polar surface area (TPSA) is 52.6 Å². The maximum absolute atomic E-state index is 12.5. The summed E-state index contributed by atoms with van der Waals surface area (Å²) in [5.74, 6) is -0.448. The van der Waals surface area contributed by atoms with Gasteiger partial charge in [0.2, 0.25) is 5.78 Å². The van der Waals surface area contributed by atoms with Crippen molar-refractivity contribution in [3.8, 4) is 5.75 Å². The Bertz CT molecular complexity index is 1030. The highest BCUT2D eigenvalue weighted by molar-refractivity contribution is 6.30. The minimum atomic E-state index is -0.602. The molecule has 148 valence electrons. The lowest BCUT2D eigenvalue weighted by Crippen LogP contribution is -2.16. The Morgan fingerprint density at radius 3 is 2.34 bits per heavy atom. The Hall–Kier alpha value is -3.11. The van der Waals surface area contributed by atoms with E-state index < -0.39 is 5.97 Å². The van der Waals surface area contributed by atoms with Gasteiger partial charge in [-0.15, -0.1) is 0 Å². The van der Waals surface area contributed by atoms with Crippen LogP contribution in [0.1, 0.15) is 37.4 Å². The molecule has 0 radical (unpaired) electrons. The van der Waals surface area contributed by atoms with Gasteiger partial charge in [0.1, 0.15) is 17.9 Å². The maximum atomic E-state index is 12.5. The monoisotopic (exact) mass is 408 g/mol. The molecule has 3 aromatic carbocycles. The molecule has 29 heavy (non-hydrogen) atoms. The molecule has 0 aliphatic carbocycles. The van der Waals surface area contributed by atoms with Gasteiger partial charge in [-0.3, -0.25) is 4.79 Å². The molecule has 0 fully saturated rings. The van der Waals surface area contributed by atoms with Crippen molar-refractivity contribution in [3.05, 3.63) is 99.6 Å². The van der Waals surface area contributed by atoms with Crippen LogP contribution in [-0.2, 0) is 11.3 Å². The van der Waals surface area contributed by atoms with Gasteiger partial charge in [0, 0.05) is 10.6 Å². The zero-order valence-corrected chi connectivity index (χ0v) is 17.0. The summed E-state index contributed by atoms with van der Waals surface area (Å²) in [6.07, 6.45) is 0. The fraction of sp³-hybridized carbons (Fsp3) is 0.167. The third kappa shape index (κ3) is 5.46. The number of rotatable bonds is 7. The molecule has 0 atom stereocenters. The number of para-hydroxylation sites is 1. The molecule has 0 aromatic heterocycles. The number of carbonyl (C=O) groups excluding carboxylic acids is 2. The van der Waals surface area contributed by atoms with Gasteiger partial charge >= 0.3 is 5.97 Å². The van der Waals surface area contributed by atoms with E-state index in [2.05, 4.69) is 0 Å². The number of aryl methyl sites for hydroxylation is 2. The Kier molecular flexibility index (Phi) is 6.68. The Labute approximate surface area is 175 Å². The van der Waals surface area contributed by atoms with E-state index in [1.165, 1.54) is 0 Å². The van der Waals surface area contributed by atoms with Crippen LogP contribution in [0.25, 0.3) is 0 Å². The van der Waals surface area contributed by atoms with Crippen molar-refractivity contribution in [1.82, 2.24) is 0 Å². The molecule has 5 heteroatoms. The predicted molar refractivity (Wildman–Crippen MR) is 113 cm³/mol. The summed E-state index contributed by atoms with van der Waals surface area (Å²) in [5.41, 5.74) is 3.67. The Balaban J connectivity index is 1.64. The third-order valence-corrected chi connectivity index (χ3v) is 4.68. The number of hydrogen-bond donors (Lipinski definition) is 0. The van der Waals surface area contributed by atoms with Crippen molar-refractivity contribution in [3.63, 3.8) is 0 Å². The molecule has 3 rings (SSSR count). The van der Waals surface area contributed by atoms with E-state index >= 15 is 0 Å². The summed E-state index contributed by atoms with van der Waals surface area (Å²) in [7, 11) is 0. The fourth-order valence-electron chi connectivity index (χ4n) is 2.92. The van der Waals surface area contributed by atoms with Crippen LogP contribution in [0.3, 0.4) is 0 Å². The molecular weight excluding hydrogens is 388 g/mol. The number of esters is 1. The number of Topliss-reactive ketones (excluding diaryl/α,β-unsaturated/α-hetero) is 1. The lowest BCUT2D eigenvalue weighted by atomic mass is 10.0. The molecule has 0 amide bonds. The molecular formula is C24H21ClO4. The van der Waals surface area contributed by atoms with Crippen LogP contribution in [0.5, 0.6) is 5.75 Å². The number of halogens is 1. The van der Waals surface area contributed by atoms with Crippen LogP contribution in [-0.4, -0.2) is 18.4 Å². The number of ether oxygens (including phenoxy) is 2. The van der Waals surface area contributed by atoms with Crippen molar-refractivity contribution in [2.45, 2.75) is 20.5 Å². The highest BCUT2D eigenvalue weighted by Gasteiger charge is 2.17. The summed E-state index contributed by atoms with van der Waals surface area (Å²) in [4.78, 5) is 24.9. The van der Waals surface area contributed by atoms with E-state index in [0.717, 1.165) is 16.7 Å². The van der Waals surface area contributed by atoms with E-state index in [9.17, 15) is 9.59 Å². The Morgan fingerprint density at radius 1 is 0.897 bits per heavy atom. The minimum Gasteiger partial charge on any atom is -0.488 e. The first-order chi connectivity index (χ1) is 13.9. The lowest BCUT2D eigenvalue weighted by molar-refractivity contribution is 0.0470. The van der Waals surface area contributed by atoms with Crippen molar-refractivity contribution in [1.29, 1.82) is 0 Å². The van der Waals surface area contributed by atoms with E-state index in [-0.39, 0.29) is 24.6 Å². The third-order valence-electron chi connectivity index (χ3n) is 4.43. The minimum absolute atomic E-state index is 0.240. The first-order valence-corrected chi connectivity index (χ1v) is 9.55. The summed E-state index contributed by atoms with van der Waals surface area (Å²) in [6, 6.07) is 19.6. The summed E-state index contributed by atoms with van der Waals surface area (Å²) < 4.78 is 11.0. The van der Waals surface area contributed by atoms with Gasteiger partial charge in [-0.2, -0.15) is 0 Å². The van der Waals surface area contributed by atoms with Crippen molar-refractivity contribution < 1.29 is 19.1 Å². The van der Waals surface area contributed by atoms with Gasteiger partial charge in [-0.05, 0) is 49.2 Å². The van der Waals surface area contributed by atoms with E-state index in [4.69, 9.17) is 21.1 Å². The first kappa shape index (κ1) is 20.6. The Morgan fingerprint density at radius 2 is 1.62 bits per heavy atom. The van der Waals surface area contributed by atoms with Crippen molar-refractivity contribution >= 4 is 23.4 Å². The van der Waals surface area contributed by atoms with Gasteiger partial charge in [0.15, 0.2) is 6.61 Å². The summed E-state index contributed by atoms with van der Waals surface area (Å²) in [6.45, 7) is 3.78. The normalized spacial score (nSPS) is 10.4. The molecule has 0 spiro atoms. The van der Waals surface area contributed by atoms with Crippen LogP contribution in [0.15, 0.2) is 66.7 Å². The lowest BCUT2D eigenvalue weighted by Gasteiger charge is -2.12. The number of carbonyl (C=O) groups is 2. The molecule has 0 unspecified atom stereocenters. The summed E-state index contributed by atoms with van der Waals surface area (Å²) >= 11 is 5.89. The molecule has 0 bridgehead atoms. The maximum Gasteiger partial charge on any atom is 0.342 e. The van der Waals surface area contributed by atoms with Crippen LogP contribution in [0, 0.1) is 13.8 Å². The van der Waals surface area contributed by atoms with Gasteiger partial charge < -0.3 is 9.47 Å². The average molecular weight is 409 g/mol. The molecule has 0 heterocycles. The molecule has 4 nitrogen and oxygen atoms in total. The average Bonchev–Trinajstić information content (AvgIpc) is 2.71. The second-order valence-corrected chi connectivity index (χ2v) is 7.17. The largest absolute Gasteiger partial charge is 0.488 e. The van der Waals surface area contributed by atoms with Gasteiger partial charge in [0.05, 0.1) is 0 Å². The number of benzene rings is 3. The second kappa shape index (κ2) is 9.39. The highest BCUT2D eigenvalue weighted by Crippen LogP contribution is 2.21. The van der Waals surface area contributed by atoms with E-state index in [1.54, 1.807) is 42.5 Å². The van der Waals surface area contributed by atoms with Gasteiger partial charge in [-0.1, -0.05) is 59.6 Å². The zero-order valence-electron chi connectivity index (χ0n) is 16.3. The highest BCUT2D eigenvalue weighted by atomic mass is 35.5. The van der Waals surface area contributed by atoms with E-state index in [1.807, 2.05) is 38.1 Å². The molecule has 0 N–H and O–H groups in total.